The van der Waals surface area contributed by atoms with E-state index < -0.39 is 11.8 Å². The summed E-state index contributed by atoms with van der Waals surface area (Å²) in [6.45, 7) is 3.84. The van der Waals surface area contributed by atoms with Crippen LogP contribution in [0.25, 0.3) is 16.9 Å². The molecule has 116 valence electrons. The van der Waals surface area contributed by atoms with Gasteiger partial charge in [0, 0.05) is 5.56 Å². The van der Waals surface area contributed by atoms with Crippen LogP contribution in [0.1, 0.15) is 21.6 Å². The molecule has 6 heteroatoms. The van der Waals surface area contributed by atoms with Gasteiger partial charge in [0.15, 0.2) is 5.69 Å². The van der Waals surface area contributed by atoms with E-state index in [1.54, 1.807) is 18.2 Å². The van der Waals surface area contributed by atoms with Gasteiger partial charge >= 0.3 is 5.97 Å². The van der Waals surface area contributed by atoms with Crippen molar-refractivity contribution in [2.24, 2.45) is 0 Å². The van der Waals surface area contributed by atoms with E-state index in [9.17, 15) is 14.3 Å². The first-order valence-electron chi connectivity index (χ1n) is 7.01. The van der Waals surface area contributed by atoms with Crippen LogP contribution in [0.2, 0.25) is 0 Å². The normalized spacial score (nSPS) is 10.7. The Morgan fingerprint density at radius 1 is 1.13 bits per heavy atom. The molecule has 0 aliphatic rings. The zero-order valence-corrected chi connectivity index (χ0v) is 12.6. The first-order valence-corrected chi connectivity index (χ1v) is 7.01. The number of hydrogen-bond acceptors (Lipinski definition) is 3. The van der Waals surface area contributed by atoms with E-state index in [1.807, 2.05) is 26.0 Å². The lowest BCUT2D eigenvalue weighted by atomic mass is 10.1. The van der Waals surface area contributed by atoms with Gasteiger partial charge in [0.05, 0.1) is 5.69 Å². The molecule has 2 aromatic carbocycles. The first kappa shape index (κ1) is 14.9. The molecule has 0 atom stereocenters. The third kappa shape index (κ3) is 2.48. The Hall–Kier alpha value is -3.02. The number of aryl methyl sites for hydroxylation is 1. The molecule has 3 aromatic rings. The second kappa shape index (κ2) is 5.64. The van der Waals surface area contributed by atoms with Gasteiger partial charge in [-0.05, 0) is 43.2 Å². The fourth-order valence-corrected chi connectivity index (χ4v) is 2.45. The van der Waals surface area contributed by atoms with E-state index in [1.165, 1.54) is 16.8 Å². The van der Waals surface area contributed by atoms with Crippen LogP contribution in [0, 0.1) is 19.7 Å². The number of carboxylic acids is 1. The summed E-state index contributed by atoms with van der Waals surface area (Å²) < 4.78 is 15.6. The van der Waals surface area contributed by atoms with Gasteiger partial charge in [-0.15, -0.1) is 5.10 Å². The van der Waals surface area contributed by atoms with Crippen molar-refractivity contribution in [3.05, 3.63) is 65.1 Å². The van der Waals surface area contributed by atoms with E-state index in [4.69, 9.17) is 0 Å². The molecule has 3 rings (SSSR count). The Kier molecular flexibility index (Phi) is 3.65. The van der Waals surface area contributed by atoms with Gasteiger partial charge in [-0.1, -0.05) is 29.5 Å². The number of carboxylic acid groups (broad SMARTS) is 1. The zero-order chi connectivity index (χ0) is 16.6. The molecule has 0 radical (unpaired) electrons. The third-order valence-electron chi connectivity index (χ3n) is 3.81. The number of hydrogen-bond donors (Lipinski definition) is 1. The van der Waals surface area contributed by atoms with Crippen LogP contribution in [-0.2, 0) is 0 Å². The summed E-state index contributed by atoms with van der Waals surface area (Å²) in [6.07, 6.45) is 0. The lowest BCUT2D eigenvalue weighted by Crippen LogP contribution is -2.06. The Bertz CT molecular complexity index is 903. The maximum atomic E-state index is 14.2. The molecule has 0 saturated heterocycles. The maximum absolute atomic E-state index is 14.2. The van der Waals surface area contributed by atoms with Crippen molar-refractivity contribution in [2.75, 3.05) is 0 Å². The van der Waals surface area contributed by atoms with E-state index in [-0.39, 0.29) is 17.0 Å². The SMILES string of the molecule is Cc1cccc(-n2nnc(C(=O)O)c2-c2ccccc2F)c1C. The van der Waals surface area contributed by atoms with Crippen molar-refractivity contribution in [1.82, 2.24) is 15.0 Å². The van der Waals surface area contributed by atoms with Crippen LogP contribution in [0.3, 0.4) is 0 Å². The van der Waals surface area contributed by atoms with E-state index >= 15 is 0 Å². The summed E-state index contributed by atoms with van der Waals surface area (Å²) in [5, 5.41) is 17.0. The molecule has 0 spiro atoms. The van der Waals surface area contributed by atoms with Gasteiger partial charge in [-0.2, -0.15) is 0 Å². The minimum absolute atomic E-state index is 0.129. The monoisotopic (exact) mass is 311 g/mol. The number of rotatable bonds is 3. The number of aromatic carboxylic acids is 1. The molecule has 1 N–H and O–H groups in total. The highest BCUT2D eigenvalue weighted by Crippen LogP contribution is 2.29. The van der Waals surface area contributed by atoms with E-state index in [0.29, 0.717) is 5.69 Å². The highest BCUT2D eigenvalue weighted by Gasteiger charge is 2.24. The maximum Gasteiger partial charge on any atom is 0.358 e. The average molecular weight is 311 g/mol. The summed E-state index contributed by atoms with van der Waals surface area (Å²) >= 11 is 0. The Morgan fingerprint density at radius 2 is 1.87 bits per heavy atom. The van der Waals surface area contributed by atoms with Crippen molar-refractivity contribution >= 4 is 5.97 Å². The van der Waals surface area contributed by atoms with Crippen molar-refractivity contribution in [2.45, 2.75) is 13.8 Å². The zero-order valence-electron chi connectivity index (χ0n) is 12.6. The smallest absolute Gasteiger partial charge is 0.358 e. The molecule has 0 bridgehead atoms. The van der Waals surface area contributed by atoms with Crippen LogP contribution in [0.5, 0.6) is 0 Å². The number of aromatic nitrogens is 3. The summed E-state index contributed by atoms with van der Waals surface area (Å²) in [6, 6.07) is 11.6. The average Bonchev–Trinajstić information content (AvgIpc) is 2.95. The largest absolute Gasteiger partial charge is 0.476 e. The Labute approximate surface area is 132 Å². The van der Waals surface area contributed by atoms with Crippen LogP contribution < -0.4 is 0 Å². The van der Waals surface area contributed by atoms with Gasteiger partial charge in [0.1, 0.15) is 11.5 Å². The molecule has 0 saturated carbocycles. The summed E-state index contributed by atoms with van der Waals surface area (Å²) in [5.74, 6) is -1.77. The molecule has 0 unspecified atom stereocenters. The van der Waals surface area contributed by atoms with Crippen LogP contribution in [0.4, 0.5) is 4.39 Å². The number of carbonyl (C=O) groups is 1. The molecule has 23 heavy (non-hydrogen) atoms. The van der Waals surface area contributed by atoms with Gasteiger partial charge in [0.25, 0.3) is 0 Å². The number of halogens is 1. The second-order valence-corrected chi connectivity index (χ2v) is 5.20. The molecule has 0 fully saturated rings. The molecule has 1 heterocycles. The summed E-state index contributed by atoms with van der Waals surface area (Å²) in [7, 11) is 0. The number of nitrogens with zero attached hydrogens (tertiary/aromatic N) is 3. The lowest BCUT2D eigenvalue weighted by molar-refractivity contribution is 0.0691. The predicted octanol–water partition coefficient (Wildman–Crippen LogP) is 3.39. The molecule has 1 aromatic heterocycles. The highest BCUT2D eigenvalue weighted by molar-refractivity contribution is 5.93. The third-order valence-corrected chi connectivity index (χ3v) is 3.81. The van der Waals surface area contributed by atoms with Crippen molar-refractivity contribution in [1.29, 1.82) is 0 Å². The molecule has 0 amide bonds. The quantitative estimate of drug-likeness (QED) is 0.805. The second-order valence-electron chi connectivity index (χ2n) is 5.20. The Balaban J connectivity index is 2.34. The fraction of sp³-hybridized carbons (Fsp3) is 0.118. The molecule has 0 aliphatic carbocycles. The topological polar surface area (TPSA) is 68.0 Å². The van der Waals surface area contributed by atoms with Gasteiger partial charge in [-0.25, -0.2) is 13.9 Å². The van der Waals surface area contributed by atoms with Crippen molar-refractivity contribution in [3.8, 4) is 16.9 Å². The lowest BCUT2D eigenvalue weighted by Gasteiger charge is -2.12. The van der Waals surface area contributed by atoms with Gasteiger partial charge < -0.3 is 5.11 Å². The highest BCUT2D eigenvalue weighted by atomic mass is 19.1. The van der Waals surface area contributed by atoms with E-state index in [0.717, 1.165) is 11.1 Å². The van der Waals surface area contributed by atoms with Crippen LogP contribution in [0.15, 0.2) is 42.5 Å². The molecule has 0 aliphatic heterocycles. The summed E-state index contributed by atoms with van der Waals surface area (Å²) in [4.78, 5) is 11.5. The molecule has 5 nitrogen and oxygen atoms in total. The van der Waals surface area contributed by atoms with Crippen LogP contribution >= 0.6 is 0 Å². The fourth-order valence-electron chi connectivity index (χ4n) is 2.45. The van der Waals surface area contributed by atoms with Gasteiger partial charge in [0.2, 0.25) is 0 Å². The predicted molar refractivity (Wildman–Crippen MR) is 83.2 cm³/mol. The standard InChI is InChI=1S/C17H14FN3O2/c1-10-6-5-9-14(11(10)2)21-16(15(17(22)23)19-20-21)12-7-3-4-8-13(12)18/h3-9H,1-2H3,(H,22,23). The Morgan fingerprint density at radius 3 is 2.57 bits per heavy atom. The molecular formula is C17H14FN3O2. The van der Waals surface area contributed by atoms with Crippen LogP contribution in [-0.4, -0.2) is 26.1 Å². The van der Waals surface area contributed by atoms with Gasteiger partial charge in [-0.3, -0.25) is 0 Å². The first-order chi connectivity index (χ1) is 11.0. The minimum atomic E-state index is -1.25. The number of benzene rings is 2. The molecular weight excluding hydrogens is 297 g/mol. The van der Waals surface area contributed by atoms with E-state index in [2.05, 4.69) is 10.3 Å². The summed E-state index contributed by atoms with van der Waals surface area (Å²) in [5.41, 5.74) is 2.61. The minimum Gasteiger partial charge on any atom is -0.476 e. The van der Waals surface area contributed by atoms with Crippen molar-refractivity contribution < 1.29 is 14.3 Å². The van der Waals surface area contributed by atoms with Crippen molar-refractivity contribution in [3.63, 3.8) is 0 Å².